The van der Waals surface area contributed by atoms with E-state index in [0.717, 1.165) is 12.3 Å². The predicted molar refractivity (Wildman–Crippen MR) is 84.2 cm³/mol. The molecule has 0 amide bonds. The van der Waals surface area contributed by atoms with Gasteiger partial charge in [0.15, 0.2) is 0 Å². The van der Waals surface area contributed by atoms with Crippen LogP contribution in [0.5, 0.6) is 0 Å². The number of hydrogen-bond acceptors (Lipinski definition) is 5. The van der Waals surface area contributed by atoms with Gasteiger partial charge in [-0.3, -0.25) is 4.90 Å². The Morgan fingerprint density at radius 1 is 1.33 bits per heavy atom. The van der Waals surface area contributed by atoms with Gasteiger partial charge in [0.1, 0.15) is 12.4 Å². The molecule has 1 unspecified atom stereocenters. The van der Waals surface area contributed by atoms with Gasteiger partial charge in [-0.15, -0.1) is 11.3 Å². The van der Waals surface area contributed by atoms with Crippen molar-refractivity contribution in [1.29, 1.82) is 0 Å². The molecule has 0 spiro atoms. The van der Waals surface area contributed by atoms with E-state index < -0.39 is 6.10 Å². The van der Waals surface area contributed by atoms with E-state index in [4.69, 9.17) is 9.15 Å². The average molecular weight is 309 g/mol. The van der Waals surface area contributed by atoms with Gasteiger partial charge in [-0.2, -0.15) is 0 Å². The Morgan fingerprint density at radius 3 is 2.81 bits per heavy atom. The third-order valence-electron chi connectivity index (χ3n) is 3.25. The second-order valence-corrected chi connectivity index (χ2v) is 6.38. The van der Waals surface area contributed by atoms with Gasteiger partial charge in [0.2, 0.25) is 0 Å². The summed E-state index contributed by atoms with van der Waals surface area (Å²) < 4.78 is 10.7. The molecule has 116 valence electrons. The predicted octanol–water partition coefficient (Wildman–Crippen LogP) is 3.13. The topological polar surface area (TPSA) is 45.8 Å². The first-order valence-corrected chi connectivity index (χ1v) is 8.07. The number of thiophene rings is 1. The van der Waals surface area contributed by atoms with E-state index in [2.05, 4.69) is 36.3 Å². The molecule has 2 aromatic rings. The summed E-state index contributed by atoms with van der Waals surface area (Å²) in [6.45, 7) is 6.47. The molecule has 1 atom stereocenters. The van der Waals surface area contributed by atoms with Crippen LogP contribution in [0.3, 0.4) is 0 Å². The fourth-order valence-electron chi connectivity index (χ4n) is 2.07. The van der Waals surface area contributed by atoms with E-state index in [1.807, 2.05) is 12.1 Å². The van der Waals surface area contributed by atoms with Crippen molar-refractivity contribution in [2.24, 2.45) is 0 Å². The largest absolute Gasteiger partial charge is 0.467 e. The minimum Gasteiger partial charge on any atom is -0.467 e. The summed E-state index contributed by atoms with van der Waals surface area (Å²) in [4.78, 5) is 3.57. The highest BCUT2D eigenvalue weighted by atomic mass is 32.1. The van der Waals surface area contributed by atoms with Crippen LogP contribution in [0.15, 0.2) is 40.3 Å². The number of hydrogen-bond donors (Lipinski definition) is 1. The molecule has 0 aliphatic carbocycles. The van der Waals surface area contributed by atoms with Gasteiger partial charge in [-0.05, 0) is 37.4 Å². The fourth-order valence-corrected chi connectivity index (χ4v) is 2.80. The maximum Gasteiger partial charge on any atom is 0.129 e. The van der Waals surface area contributed by atoms with Crippen molar-refractivity contribution in [3.05, 3.63) is 46.5 Å². The highest BCUT2D eigenvalue weighted by Gasteiger charge is 2.16. The van der Waals surface area contributed by atoms with E-state index in [1.165, 1.54) is 4.88 Å². The molecule has 0 bridgehead atoms. The molecule has 0 aliphatic rings. The van der Waals surface area contributed by atoms with Gasteiger partial charge in [0, 0.05) is 24.0 Å². The first kappa shape index (κ1) is 16.2. The lowest BCUT2D eigenvalue weighted by Crippen LogP contribution is -2.38. The van der Waals surface area contributed by atoms with E-state index in [9.17, 15) is 5.11 Å². The van der Waals surface area contributed by atoms with E-state index >= 15 is 0 Å². The second-order valence-electron chi connectivity index (χ2n) is 5.35. The number of rotatable bonds is 9. The molecule has 0 radical (unpaired) electrons. The molecule has 4 nitrogen and oxygen atoms in total. The Bertz CT molecular complexity index is 482. The molecule has 21 heavy (non-hydrogen) atoms. The summed E-state index contributed by atoms with van der Waals surface area (Å²) in [6.07, 6.45) is 1.12. The molecule has 5 heteroatoms. The summed E-state index contributed by atoms with van der Waals surface area (Å²) in [6, 6.07) is 8.26. The standard InChI is InChI=1S/C16H23NO3S/c1-13(2)17(10-16-6-4-8-21-16)9-14(18)11-19-12-15-5-3-7-20-15/h3-8,13-14,18H,9-12H2,1-2H3. The Balaban J connectivity index is 1.74. The molecule has 0 saturated carbocycles. The molecule has 0 fully saturated rings. The number of aliphatic hydroxyl groups excluding tert-OH is 1. The summed E-state index contributed by atoms with van der Waals surface area (Å²) in [5.74, 6) is 0.779. The lowest BCUT2D eigenvalue weighted by atomic mass is 10.2. The van der Waals surface area contributed by atoms with E-state index in [1.54, 1.807) is 17.6 Å². The molecule has 1 N–H and O–H groups in total. The van der Waals surface area contributed by atoms with Crippen molar-refractivity contribution in [3.63, 3.8) is 0 Å². The molecular weight excluding hydrogens is 286 g/mol. The Kier molecular flexibility index (Phi) is 6.45. The maximum atomic E-state index is 10.1. The minimum atomic E-state index is -0.498. The van der Waals surface area contributed by atoms with Gasteiger partial charge >= 0.3 is 0 Å². The lowest BCUT2D eigenvalue weighted by Gasteiger charge is -2.28. The SMILES string of the molecule is CC(C)N(Cc1cccs1)CC(O)COCc1ccco1. The summed E-state index contributed by atoms with van der Waals surface area (Å²) in [5.41, 5.74) is 0. The molecule has 0 aliphatic heterocycles. The monoisotopic (exact) mass is 309 g/mol. The van der Waals surface area contributed by atoms with Crippen LogP contribution >= 0.6 is 11.3 Å². The fraction of sp³-hybridized carbons (Fsp3) is 0.500. The van der Waals surface area contributed by atoms with Gasteiger partial charge < -0.3 is 14.3 Å². The van der Waals surface area contributed by atoms with Gasteiger partial charge in [0.05, 0.1) is 19.0 Å². The summed E-state index contributed by atoms with van der Waals surface area (Å²) >= 11 is 1.74. The van der Waals surface area contributed by atoms with Crippen molar-refractivity contribution in [1.82, 2.24) is 4.90 Å². The quantitative estimate of drug-likeness (QED) is 0.773. The van der Waals surface area contributed by atoms with Gasteiger partial charge in [-0.1, -0.05) is 6.07 Å². The van der Waals surface area contributed by atoms with Crippen molar-refractivity contribution in [2.45, 2.75) is 39.1 Å². The number of nitrogens with zero attached hydrogens (tertiary/aromatic N) is 1. The van der Waals surface area contributed by atoms with Crippen LogP contribution in [0.25, 0.3) is 0 Å². The van der Waals surface area contributed by atoms with Crippen LogP contribution in [0, 0.1) is 0 Å². The van der Waals surface area contributed by atoms with Crippen LogP contribution in [0.1, 0.15) is 24.5 Å². The highest BCUT2D eigenvalue weighted by Crippen LogP contribution is 2.14. The van der Waals surface area contributed by atoms with Crippen molar-refractivity contribution in [2.75, 3.05) is 13.2 Å². The average Bonchev–Trinajstić information content (AvgIpc) is 3.10. The van der Waals surface area contributed by atoms with Crippen molar-refractivity contribution < 1.29 is 14.3 Å². The van der Waals surface area contributed by atoms with Crippen LogP contribution in [0.4, 0.5) is 0 Å². The molecule has 0 aromatic carbocycles. The number of ether oxygens (including phenoxy) is 1. The maximum absolute atomic E-state index is 10.1. The lowest BCUT2D eigenvalue weighted by molar-refractivity contribution is -0.000979. The Morgan fingerprint density at radius 2 is 2.19 bits per heavy atom. The zero-order valence-electron chi connectivity index (χ0n) is 12.6. The number of aliphatic hydroxyl groups is 1. The third kappa shape index (κ3) is 5.63. The first-order valence-electron chi connectivity index (χ1n) is 7.19. The highest BCUT2D eigenvalue weighted by molar-refractivity contribution is 7.09. The smallest absolute Gasteiger partial charge is 0.129 e. The first-order chi connectivity index (χ1) is 10.1. The summed E-state index contributed by atoms with van der Waals surface area (Å²) in [7, 11) is 0. The van der Waals surface area contributed by atoms with E-state index in [0.29, 0.717) is 25.8 Å². The molecule has 0 saturated heterocycles. The molecule has 2 aromatic heterocycles. The zero-order valence-corrected chi connectivity index (χ0v) is 13.4. The molecular formula is C16H23NO3S. The normalized spacial score (nSPS) is 13.2. The Labute approximate surface area is 130 Å². The van der Waals surface area contributed by atoms with E-state index in [-0.39, 0.29) is 0 Å². The summed E-state index contributed by atoms with van der Waals surface area (Å²) in [5, 5.41) is 12.2. The third-order valence-corrected chi connectivity index (χ3v) is 4.11. The molecule has 2 rings (SSSR count). The van der Waals surface area contributed by atoms with Crippen LogP contribution in [-0.2, 0) is 17.9 Å². The number of furan rings is 1. The van der Waals surface area contributed by atoms with Crippen molar-refractivity contribution >= 4 is 11.3 Å². The van der Waals surface area contributed by atoms with Gasteiger partial charge in [0.25, 0.3) is 0 Å². The second kappa shape index (κ2) is 8.34. The Hall–Kier alpha value is -1.14. The minimum absolute atomic E-state index is 0.314. The zero-order chi connectivity index (χ0) is 15.1. The van der Waals surface area contributed by atoms with Gasteiger partial charge in [-0.25, -0.2) is 0 Å². The molecule has 2 heterocycles. The van der Waals surface area contributed by atoms with Crippen LogP contribution in [0.2, 0.25) is 0 Å². The van der Waals surface area contributed by atoms with Crippen LogP contribution in [-0.4, -0.2) is 35.3 Å². The van der Waals surface area contributed by atoms with Crippen LogP contribution < -0.4 is 0 Å². The van der Waals surface area contributed by atoms with Crippen molar-refractivity contribution in [3.8, 4) is 0 Å².